The number of amides is 1. The van der Waals surface area contributed by atoms with E-state index in [1.54, 1.807) is 13.3 Å². The van der Waals surface area contributed by atoms with E-state index in [1.165, 1.54) is 0 Å². The second-order valence-electron chi connectivity index (χ2n) is 4.76. The van der Waals surface area contributed by atoms with Crippen molar-refractivity contribution in [3.05, 3.63) is 42.1 Å². The molecule has 5 nitrogen and oxygen atoms in total. The van der Waals surface area contributed by atoms with Crippen LogP contribution in [0.3, 0.4) is 0 Å². The van der Waals surface area contributed by atoms with E-state index in [9.17, 15) is 4.79 Å². The van der Waals surface area contributed by atoms with Crippen LogP contribution in [0.2, 0.25) is 0 Å². The Kier molecular flexibility index (Phi) is 6.12. The molecule has 0 aliphatic carbocycles. The number of nitrogens with zero attached hydrogens (tertiary/aromatic N) is 1. The number of hydrogen-bond acceptors (Lipinski definition) is 4. The lowest BCUT2D eigenvalue weighted by Gasteiger charge is -2.08. The van der Waals surface area contributed by atoms with Crippen LogP contribution in [-0.4, -0.2) is 44.2 Å². The first kappa shape index (κ1) is 15.4. The van der Waals surface area contributed by atoms with Crippen molar-refractivity contribution < 1.29 is 9.53 Å². The summed E-state index contributed by atoms with van der Waals surface area (Å²) in [6.07, 6.45) is 2.57. The molecule has 0 saturated carbocycles. The monoisotopic (exact) mass is 287 g/mol. The number of aromatic nitrogens is 1. The molecule has 2 aromatic rings. The molecular formula is C16H21N3O2. The summed E-state index contributed by atoms with van der Waals surface area (Å²) in [5, 5.41) is 7.05. The largest absolute Gasteiger partial charge is 0.383 e. The molecular weight excluding hydrogens is 266 g/mol. The molecule has 0 spiro atoms. The van der Waals surface area contributed by atoms with Crippen LogP contribution in [0.4, 0.5) is 0 Å². The van der Waals surface area contributed by atoms with Crippen molar-refractivity contribution in [1.29, 1.82) is 0 Å². The number of pyridine rings is 1. The fraction of sp³-hybridized carbons (Fsp3) is 0.375. The molecule has 0 aliphatic heterocycles. The molecule has 0 unspecified atom stereocenters. The number of carbonyl (C=O) groups is 1. The molecule has 1 aromatic carbocycles. The summed E-state index contributed by atoms with van der Waals surface area (Å²) >= 11 is 0. The summed E-state index contributed by atoms with van der Waals surface area (Å²) in [4.78, 5) is 16.0. The van der Waals surface area contributed by atoms with Gasteiger partial charge in [0.05, 0.1) is 18.7 Å². The SMILES string of the molecule is COCCNCC(=O)NCCc1cccc2cccnc12. The molecule has 0 radical (unpaired) electrons. The van der Waals surface area contributed by atoms with Crippen LogP contribution in [0.1, 0.15) is 5.56 Å². The van der Waals surface area contributed by atoms with Crippen molar-refractivity contribution in [1.82, 2.24) is 15.6 Å². The minimum Gasteiger partial charge on any atom is -0.383 e. The molecule has 21 heavy (non-hydrogen) atoms. The smallest absolute Gasteiger partial charge is 0.233 e. The number of carbonyl (C=O) groups excluding carboxylic acids is 1. The third-order valence-corrected chi connectivity index (χ3v) is 3.20. The maximum absolute atomic E-state index is 11.6. The first-order valence-electron chi connectivity index (χ1n) is 7.10. The number of para-hydroxylation sites is 1. The number of benzene rings is 1. The van der Waals surface area contributed by atoms with E-state index in [0.29, 0.717) is 26.2 Å². The topological polar surface area (TPSA) is 63.2 Å². The highest BCUT2D eigenvalue weighted by molar-refractivity contribution is 5.81. The Bertz CT molecular complexity index is 581. The predicted octanol–water partition coefficient (Wildman–Crippen LogP) is 1.13. The molecule has 0 atom stereocenters. The zero-order valence-electron chi connectivity index (χ0n) is 12.3. The Morgan fingerprint density at radius 1 is 1.24 bits per heavy atom. The number of ether oxygens (including phenoxy) is 1. The number of rotatable bonds is 8. The molecule has 2 rings (SSSR count). The summed E-state index contributed by atoms with van der Waals surface area (Å²) in [5.41, 5.74) is 2.16. The average Bonchev–Trinajstić information content (AvgIpc) is 2.52. The number of hydrogen-bond donors (Lipinski definition) is 2. The lowest BCUT2D eigenvalue weighted by Crippen LogP contribution is -2.36. The molecule has 1 amide bonds. The second kappa shape index (κ2) is 8.34. The number of fused-ring (bicyclic) bond motifs is 1. The maximum Gasteiger partial charge on any atom is 0.233 e. The van der Waals surface area contributed by atoms with E-state index >= 15 is 0 Å². The van der Waals surface area contributed by atoms with Crippen molar-refractivity contribution in [2.24, 2.45) is 0 Å². The fourth-order valence-electron chi connectivity index (χ4n) is 2.14. The summed E-state index contributed by atoms with van der Waals surface area (Å²) in [5.74, 6) is -0.000649. The maximum atomic E-state index is 11.6. The average molecular weight is 287 g/mol. The lowest BCUT2D eigenvalue weighted by molar-refractivity contribution is -0.120. The quantitative estimate of drug-likeness (QED) is 0.714. The lowest BCUT2D eigenvalue weighted by atomic mass is 10.1. The minimum atomic E-state index is -0.000649. The number of nitrogens with one attached hydrogen (secondary N) is 2. The van der Waals surface area contributed by atoms with Crippen LogP contribution in [0, 0.1) is 0 Å². The molecule has 5 heteroatoms. The van der Waals surface area contributed by atoms with E-state index in [1.807, 2.05) is 24.3 Å². The van der Waals surface area contributed by atoms with E-state index in [4.69, 9.17) is 4.74 Å². The van der Waals surface area contributed by atoms with Crippen LogP contribution in [0.15, 0.2) is 36.5 Å². The molecule has 112 valence electrons. The molecule has 1 heterocycles. The summed E-state index contributed by atoms with van der Waals surface area (Å²) in [7, 11) is 1.64. The standard InChI is InChI=1S/C16H21N3O2/c1-21-11-10-17-12-15(20)18-9-7-14-5-2-4-13-6-3-8-19-16(13)14/h2-6,8,17H,7,9-12H2,1H3,(H,18,20). The Balaban J connectivity index is 1.78. The van der Waals surface area contributed by atoms with Crippen LogP contribution in [0.5, 0.6) is 0 Å². The van der Waals surface area contributed by atoms with E-state index < -0.39 is 0 Å². The Labute approximate surface area is 124 Å². The Morgan fingerprint density at radius 2 is 2.10 bits per heavy atom. The zero-order valence-corrected chi connectivity index (χ0v) is 12.3. The first-order chi connectivity index (χ1) is 10.3. The van der Waals surface area contributed by atoms with Crippen molar-refractivity contribution in [3.8, 4) is 0 Å². The van der Waals surface area contributed by atoms with E-state index in [-0.39, 0.29) is 5.91 Å². The highest BCUT2D eigenvalue weighted by Crippen LogP contribution is 2.15. The van der Waals surface area contributed by atoms with E-state index in [0.717, 1.165) is 22.9 Å². The van der Waals surface area contributed by atoms with Gasteiger partial charge in [-0.15, -0.1) is 0 Å². The van der Waals surface area contributed by atoms with Gasteiger partial charge in [-0.2, -0.15) is 0 Å². The van der Waals surface area contributed by atoms with Gasteiger partial charge in [-0.05, 0) is 18.1 Å². The highest BCUT2D eigenvalue weighted by atomic mass is 16.5. The third kappa shape index (κ3) is 4.81. The van der Waals surface area contributed by atoms with Crippen LogP contribution in [0.25, 0.3) is 10.9 Å². The normalized spacial score (nSPS) is 10.7. The first-order valence-corrected chi connectivity index (χ1v) is 7.10. The molecule has 0 saturated heterocycles. The van der Waals surface area contributed by atoms with Gasteiger partial charge in [0.2, 0.25) is 5.91 Å². The van der Waals surface area contributed by atoms with Gasteiger partial charge >= 0.3 is 0 Å². The minimum absolute atomic E-state index is 0.000649. The van der Waals surface area contributed by atoms with Crippen molar-refractivity contribution in [3.63, 3.8) is 0 Å². The van der Waals surface area contributed by atoms with E-state index in [2.05, 4.69) is 21.7 Å². The summed E-state index contributed by atoms with van der Waals surface area (Å²) in [6.45, 7) is 2.21. The number of methoxy groups -OCH3 is 1. The highest BCUT2D eigenvalue weighted by Gasteiger charge is 2.03. The Hall–Kier alpha value is -1.98. The second-order valence-corrected chi connectivity index (χ2v) is 4.76. The molecule has 0 bridgehead atoms. The van der Waals surface area contributed by atoms with Gasteiger partial charge in [0.1, 0.15) is 0 Å². The van der Waals surface area contributed by atoms with Crippen LogP contribution in [-0.2, 0) is 16.0 Å². The van der Waals surface area contributed by atoms with Crippen molar-refractivity contribution in [2.45, 2.75) is 6.42 Å². The van der Waals surface area contributed by atoms with Crippen LogP contribution < -0.4 is 10.6 Å². The van der Waals surface area contributed by atoms with Gasteiger partial charge in [-0.1, -0.05) is 24.3 Å². The zero-order chi connectivity index (χ0) is 14.9. The van der Waals surface area contributed by atoms with Gasteiger partial charge in [0.15, 0.2) is 0 Å². The van der Waals surface area contributed by atoms with Gasteiger partial charge in [0.25, 0.3) is 0 Å². The predicted molar refractivity (Wildman–Crippen MR) is 83.2 cm³/mol. The van der Waals surface area contributed by atoms with Crippen LogP contribution >= 0.6 is 0 Å². The molecule has 0 aliphatic rings. The van der Waals surface area contributed by atoms with Crippen molar-refractivity contribution >= 4 is 16.8 Å². The fourth-order valence-corrected chi connectivity index (χ4v) is 2.14. The molecule has 0 fully saturated rings. The van der Waals surface area contributed by atoms with Gasteiger partial charge < -0.3 is 15.4 Å². The summed E-state index contributed by atoms with van der Waals surface area (Å²) < 4.78 is 4.90. The Morgan fingerprint density at radius 3 is 2.95 bits per heavy atom. The van der Waals surface area contributed by atoms with Crippen molar-refractivity contribution in [2.75, 3.05) is 33.4 Å². The third-order valence-electron chi connectivity index (χ3n) is 3.20. The summed E-state index contributed by atoms with van der Waals surface area (Å²) in [6, 6.07) is 10.1. The molecule has 2 N–H and O–H groups in total. The van der Waals surface area contributed by atoms with Gasteiger partial charge in [-0.25, -0.2) is 0 Å². The van der Waals surface area contributed by atoms with Gasteiger partial charge in [0, 0.05) is 31.8 Å². The van der Waals surface area contributed by atoms with Gasteiger partial charge in [-0.3, -0.25) is 9.78 Å². The molecule has 1 aromatic heterocycles.